The van der Waals surface area contributed by atoms with Crippen LogP contribution in [0, 0.1) is 5.82 Å². The van der Waals surface area contributed by atoms with Crippen LogP contribution in [0.3, 0.4) is 0 Å². The van der Waals surface area contributed by atoms with Gasteiger partial charge < -0.3 is 15.4 Å². The van der Waals surface area contributed by atoms with Crippen molar-refractivity contribution in [3.63, 3.8) is 0 Å². The molecule has 1 aliphatic heterocycles. The molecule has 0 spiro atoms. The summed E-state index contributed by atoms with van der Waals surface area (Å²) in [4.78, 5) is 14.9. The highest BCUT2D eigenvalue weighted by Crippen LogP contribution is 2.35. The van der Waals surface area contributed by atoms with E-state index >= 15 is 0 Å². The van der Waals surface area contributed by atoms with E-state index in [1.54, 1.807) is 11.0 Å². The molecule has 0 unspecified atom stereocenters. The molecule has 2 N–H and O–H groups in total. The zero-order chi connectivity index (χ0) is 15.1. The fraction of sp³-hybridized carbons (Fsp3) is 0.400. The lowest BCUT2D eigenvalue weighted by atomic mass is 10.2. The van der Waals surface area contributed by atoms with Crippen LogP contribution in [0.25, 0.3) is 10.1 Å². The van der Waals surface area contributed by atoms with Crippen molar-refractivity contribution in [3.05, 3.63) is 28.9 Å². The van der Waals surface area contributed by atoms with Gasteiger partial charge in [0.1, 0.15) is 10.7 Å². The van der Waals surface area contributed by atoms with Gasteiger partial charge in [-0.1, -0.05) is 0 Å². The van der Waals surface area contributed by atoms with Gasteiger partial charge in [0, 0.05) is 23.2 Å². The predicted octanol–water partition coefficient (Wildman–Crippen LogP) is 2.87. The Kier molecular flexibility index (Phi) is 3.59. The number of thiophene rings is 1. The van der Waals surface area contributed by atoms with Gasteiger partial charge in [0.25, 0.3) is 5.91 Å². The smallest absolute Gasteiger partial charge is 0.266 e. The van der Waals surface area contributed by atoms with Gasteiger partial charge >= 0.3 is 0 Å². The fourth-order valence-corrected chi connectivity index (χ4v) is 3.81. The highest BCUT2D eigenvalue weighted by Gasteiger charge is 2.29. The van der Waals surface area contributed by atoms with Gasteiger partial charge in [0.15, 0.2) is 0 Å². The maximum Gasteiger partial charge on any atom is 0.266 e. The average Bonchev–Trinajstić information content (AvgIpc) is 2.74. The number of nitrogens with two attached hydrogens (primary N) is 1. The van der Waals surface area contributed by atoms with Crippen LogP contribution in [-0.2, 0) is 4.74 Å². The molecule has 0 saturated carbocycles. The highest BCUT2D eigenvalue weighted by molar-refractivity contribution is 7.21. The van der Waals surface area contributed by atoms with E-state index in [0.29, 0.717) is 29.0 Å². The first-order valence-electron chi connectivity index (χ1n) is 6.88. The largest absolute Gasteiger partial charge is 0.397 e. The van der Waals surface area contributed by atoms with Crippen molar-refractivity contribution in [2.45, 2.75) is 26.1 Å². The van der Waals surface area contributed by atoms with Crippen molar-refractivity contribution < 1.29 is 13.9 Å². The van der Waals surface area contributed by atoms with Gasteiger partial charge in [-0.2, -0.15) is 0 Å². The Morgan fingerprint density at radius 1 is 1.38 bits per heavy atom. The average molecular weight is 308 g/mol. The number of benzene rings is 1. The summed E-state index contributed by atoms with van der Waals surface area (Å²) in [5.41, 5.74) is 6.42. The number of nitrogen functional groups attached to an aromatic ring is 1. The SMILES string of the molecule is C[C@@H]1CN(C(=O)c2sc3ccc(F)cc3c2N)C[C@H](C)O1. The number of fused-ring (bicyclic) bond motifs is 1. The first-order chi connectivity index (χ1) is 9.95. The summed E-state index contributed by atoms with van der Waals surface area (Å²) in [5.74, 6) is -0.448. The molecule has 2 heterocycles. The number of carbonyl (C=O) groups is 1. The molecule has 1 aliphatic rings. The fourth-order valence-electron chi connectivity index (χ4n) is 2.74. The standard InChI is InChI=1S/C15H17FN2O2S/c1-8-6-18(7-9(2)20-8)15(19)14-13(17)11-5-10(16)3-4-12(11)21-14/h3-5,8-9H,6-7,17H2,1-2H3/t8-,9+. The zero-order valence-electron chi connectivity index (χ0n) is 11.9. The lowest BCUT2D eigenvalue weighted by Crippen LogP contribution is -2.48. The molecule has 21 heavy (non-hydrogen) atoms. The van der Waals surface area contributed by atoms with Crippen LogP contribution < -0.4 is 5.73 Å². The van der Waals surface area contributed by atoms with Gasteiger partial charge in [-0.25, -0.2) is 4.39 Å². The minimum Gasteiger partial charge on any atom is -0.397 e. The molecule has 0 bridgehead atoms. The number of halogens is 1. The Hall–Kier alpha value is -1.66. The Bertz CT molecular complexity index is 690. The van der Waals surface area contributed by atoms with E-state index in [9.17, 15) is 9.18 Å². The van der Waals surface area contributed by atoms with Crippen LogP contribution in [0.15, 0.2) is 18.2 Å². The van der Waals surface area contributed by atoms with E-state index in [0.717, 1.165) is 4.70 Å². The number of ether oxygens (including phenoxy) is 1. The van der Waals surface area contributed by atoms with Crippen molar-refractivity contribution >= 4 is 33.0 Å². The quantitative estimate of drug-likeness (QED) is 0.881. The molecule has 3 rings (SSSR count). The summed E-state index contributed by atoms with van der Waals surface area (Å²) in [5, 5.41) is 0.609. The molecule has 2 aromatic rings. The number of amides is 1. The third kappa shape index (κ3) is 2.61. The Balaban J connectivity index is 1.96. The van der Waals surface area contributed by atoms with E-state index in [2.05, 4.69) is 0 Å². The van der Waals surface area contributed by atoms with Gasteiger partial charge in [0.2, 0.25) is 0 Å². The number of morpholine rings is 1. The number of anilines is 1. The van der Waals surface area contributed by atoms with Crippen LogP contribution >= 0.6 is 11.3 Å². The molecular weight excluding hydrogens is 291 g/mol. The Morgan fingerprint density at radius 3 is 2.71 bits per heavy atom. The van der Waals surface area contributed by atoms with Crippen molar-refractivity contribution in [2.75, 3.05) is 18.8 Å². The molecule has 2 atom stereocenters. The molecular formula is C15H17FN2O2S. The number of carbonyl (C=O) groups excluding carboxylic acids is 1. The van der Waals surface area contributed by atoms with Gasteiger partial charge in [-0.3, -0.25) is 4.79 Å². The Morgan fingerprint density at radius 2 is 2.05 bits per heavy atom. The first kappa shape index (κ1) is 14.3. The highest BCUT2D eigenvalue weighted by atomic mass is 32.1. The first-order valence-corrected chi connectivity index (χ1v) is 7.69. The maximum absolute atomic E-state index is 13.3. The molecule has 112 valence electrons. The minimum atomic E-state index is -0.348. The summed E-state index contributed by atoms with van der Waals surface area (Å²) < 4.78 is 19.8. The van der Waals surface area contributed by atoms with Crippen molar-refractivity contribution in [1.29, 1.82) is 0 Å². The van der Waals surface area contributed by atoms with Crippen molar-refractivity contribution in [2.24, 2.45) is 0 Å². The second-order valence-electron chi connectivity index (χ2n) is 5.45. The van der Waals surface area contributed by atoms with Gasteiger partial charge in [-0.05, 0) is 32.0 Å². The lowest BCUT2D eigenvalue weighted by Gasteiger charge is -2.35. The molecule has 1 aromatic heterocycles. The summed E-state index contributed by atoms with van der Waals surface area (Å²) >= 11 is 1.31. The van der Waals surface area contributed by atoms with Crippen LogP contribution in [0.2, 0.25) is 0 Å². The zero-order valence-corrected chi connectivity index (χ0v) is 12.7. The van der Waals surface area contributed by atoms with Crippen molar-refractivity contribution in [1.82, 2.24) is 4.90 Å². The molecule has 1 fully saturated rings. The molecule has 1 amide bonds. The van der Waals surface area contributed by atoms with Crippen LogP contribution in [0.4, 0.5) is 10.1 Å². The van der Waals surface area contributed by atoms with Gasteiger partial charge in [0.05, 0.1) is 17.9 Å². The van der Waals surface area contributed by atoms with E-state index < -0.39 is 0 Å². The molecule has 0 radical (unpaired) electrons. The summed E-state index contributed by atoms with van der Waals surface area (Å²) in [6.07, 6.45) is 0.0106. The van der Waals surface area contributed by atoms with Crippen LogP contribution in [0.1, 0.15) is 23.5 Å². The summed E-state index contributed by atoms with van der Waals surface area (Å²) in [6.45, 7) is 4.98. The summed E-state index contributed by atoms with van der Waals surface area (Å²) in [6, 6.07) is 4.42. The lowest BCUT2D eigenvalue weighted by molar-refractivity contribution is -0.0584. The third-order valence-corrected chi connectivity index (χ3v) is 4.76. The molecule has 1 aromatic carbocycles. The molecule has 4 nitrogen and oxygen atoms in total. The van der Waals surface area contributed by atoms with E-state index in [1.165, 1.54) is 23.5 Å². The number of rotatable bonds is 1. The second kappa shape index (κ2) is 5.27. The predicted molar refractivity (Wildman–Crippen MR) is 82.1 cm³/mol. The minimum absolute atomic E-state index is 0.00532. The van der Waals surface area contributed by atoms with Crippen LogP contribution in [-0.4, -0.2) is 36.1 Å². The Labute approximate surface area is 126 Å². The summed E-state index contributed by atoms with van der Waals surface area (Å²) in [7, 11) is 0. The van der Waals surface area contributed by atoms with E-state index in [1.807, 2.05) is 13.8 Å². The van der Waals surface area contributed by atoms with Crippen LogP contribution in [0.5, 0.6) is 0 Å². The normalized spacial score (nSPS) is 22.7. The van der Waals surface area contributed by atoms with E-state index in [-0.39, 0.29) is 23.9 Å². The second-order valence-corrected chi connectivity index (χ2v) is 6.50. The van der Waals surface area contributed by atoms with Gasteiger partial charge in [-0.15, -0.1) is 11.3 Å². The molecule has 1 saturated heterocycles. The number of hydrogen-bond acceptors (Lipinski definition) is 4. The monoisotopic (exact) mass is 308 g/mol. The maximum atomic E-state index is 13.3. The number of hydrogen-bond donors (Lipinski definition) is 1. The topological polar surface area (TPSA) is 55.6 Å². The van der Waals surface area contributed by atoms with Crippen molar-refractivity contribution in [3.8, 4) is 0 Å². The molecule has 6 heteroatoms. The molecule has 0 aliphatic carbocycles. The van der Waals surface area contributed by atoms with E-state index in [4.69, 9.17) is 10.5 Å². The number of nitrogens with zero attached hydrogens (tertiary/aromatic N) is 1. The third-order valence-electron chi connectivity index (χ3n) is 3.59.